The Balaban J connectivity index is 1.88. The molecule has 146 valence electrons. The molecular formula is C19H17F3N4OS. The fraction of sp³-hybridized carbons (Fsp3) is 0.158. The number of benzene rings is 2. The van der Waals surface area contributed by atoms with Crippen LogP contribution in [-0.4, -0.2) is 10.9 Å². The number of hydrogen-bond acceptors (Lipinski definition) is 5. The predicted octanol–water partition coefficient (Wildman–Crippen LogP) is 4.74. The molecule has 5 nitrogen and oxygen atoms in total. The molecule has 2 aromatic carbocycles. The number of thiazole rings is 1. The van der Waals surface area contributed by atoms with Crippen LogP contribution in [0, 0.1) is 0 Å². The van der Waals surface area contributed by atoms with Crippen molar-refractivity contribution >= 4 is 33.8 Å². The number of carbonyl (C=O) groups excluding carboxylic acids is 1. The van der Waals surface area contributed by atoms with Crippen molar-refractivity contribution in [3.63, 3.8) is 0 Å². The van der Waals surface area contributed by atoms with E-state index in [0.717, 1.165) is 12.1 Å². The second kappa shape index (κ2) is 7.51. The molecule has 0 saturated carbocycles. The number of halogens is 3. The maximum absolute atomic E-state index is 12.8. The predicted molar refractivity (Wildman–Crippen MR) is 104 cm³/mol. The monoisotopic (exact) mass is 406 g/mol. The molecule has 5 N–H and O–H groups in total. The van der Waals surface area contributed by atoms with Gasteiger partial charge >= 0.3 is 6.18 Å². The van der Waals surface area contributed by atoms with Crippen molar-refractivity contribution in [2.75, 3.05) is 11.1 Å². The number of nitrogens with two attached hydrogens (primary N) is 2. The first-order chi connectivity index (χ1) is 13.2. The molecule has 1 aromatic heterocycles. The highest BCUT2D eigenvalue weighted by Gasteiger charge is 2.30. The fourth-order valence-corrected chi connectivity index (χ4v) is 3.42. The van der Waals surface area contributed by atoms with Gasteiger partial charge < -0.3 is 16.8 Å². The summed E-state index contributed by atoms with van der Waals surface area (Å²) in [6.45, 7) is 1.67. The second-order valence-electron chi connectivity index (χ2n) is 6.17. The van der Waals surface area contributed by atoms with Gasteiger partial charge in [-0.2, -0.15) is 13.2 Å². The van der Waals surface area contributed by atoms with Crippen LogP contribution in [0.25, 0.3) is 11.3 Å². The Kier molecular flexibility index (Phi) is 5.28. The van der Waals surface area contributed by atoms with Crippen LogP contribution in [0.1, 0.15) is 24.0 Å². The van der Waals surface area contributed by atoms with Crippen LogP contribution in [0.15, 0.2) is 47.8 Å². The summed E-state index contributed by atoms with van der Waals surface area (Å²) >= 11 is 1.23. The largest absolute Gasteiger partial charge is 0.416 e. The molecule has 3 rings (SSSR count). The number of rotatable bonds is 5. The first-order valence-electron chi connectivity index (χ1n) is 8.24. The van der Waals surface area contributed by atoms with Gasteiger partial charge in [0.2, 0.25) is 5.91 Å². The normalized spacial score (nSPS) is 12.6. The van der Waals surface area contributed by atoms with Crippen molar-refractivity contribution in [3.8, 4) is 11.3 Å². The molecule has 0 aliphatic carbocycles. The van der Waals surface area contributed by atoms with Gasteiger partial charge in [-0.15, -0.1) is 11.3 Å². The highest BCUT2D eigenvalue weighted by atomic mass is 32.1. The van der Waals surface area contributed by atoms with E-state index in [-0.39, 0.29) is 5.69 Å². The fourth-order valence-electron chi connectivity index (χ4n) is 2.69. The molecule has 1 atom stereocenters. The first-order valence-corrected chi connectivity index (χ1v) is 9.12. The molecule has 0 spiro atoms. The van der Waals surface area contributed by atoms with Gasteiger partial charge in [0.25, 0.3) is 0 Å². The summed E-state index contributed by atoms with van der Waals surface area (Å²) in [6, 6.07) is 10.1. The molecule has 1 heterocycles. The minimum atomic E-state index is -4.42. The Morgan fingerprint density at radius 1 is 1.21 bits per heavy atom. The number of amides is 1. The maximum atomic E-state index is 12.8. The van der Waals surface area contributed by atoms with Gasteiger partial charge in [-0.1, -0.05) is 24.3 Å². The van der Waals surface area contributed by atoms with E-state index in [4.69, 9.17) is 11.5 Å². The molecule has 1 amide bonds. The molecule has 28 heavy (non-hydrogen) atoms. The Morgan fingerprint density at radius 3 is 2.61 bits per heavy atom. The van der Waals surface area contributed by atoms with Crippen molar-refractivity contribution in [3.05, 3.63) is 59.0 Å². The number of primary amides is 1. The minimum Gasteiger partial charge on any atom is -0.398 e. The van der Waals surface area contributed by atoms with E-state index in [2.05, 4.69) is 10.3 Å². The standard InChI is InChI=1S/C19H17F3N4OS/c1-10(17(24)27)13-6-3-7-14(16(13)23)15-9-28-18(26-15)25-12-5-2-4-11(8-12)19(20,21)22/h2-10H,23H2,1H3,(H2,24,27)(H,25,26). The minimum absolute atomic E-state index is 0.278. The number of nitrogen functional groups attached to an aromatic ring is 1. The topological polar surface area (TPSA) is 94.0 Å². The molecule has 0 bridgehead atoms. The first kappa shape index (κ1) is 19.7. The molecule has 9 heteroatoms. The molecule has 0 fully saturated rings. The van der Waals surface area contributed by atoms with Crippen LogP contribution in [0.4, 0.5) is 29.7 Å². The van der Waals surface area contributed by atoms with E-state index in [1.165, 1.54) is 23.5 Å². The quantitative estimate of drug-likeness (QED) is 0.533. The number of carbonyl (C=O) groups is 1. The van der Waals surface area contributed by atoms with Crippen molar-refractivity contribution in [2.24, 2.45) is 5.73 Å². The van der Waals surface area contributed by atoms with Gasteiger partial charge in [0.1, 0.15) is 0 Å². The maximum Gasteiger partial charge on any atom is 0.416 e. The number of nitrogens with zero attached hydrogens (tertiary/aromatic N) is 1. The summed E-state index contributed by atoms with van der Waals surface area (Å²) < 4.78 is 38.5. The summed E-state index contributed by atoms with van der Waals surface area (Å²) in [5.74, 6) is -1.05. The molecule has 1 unspecified atom stereocenters. The summed E-state index contributed by atoms with van der Waals surface area (Å²) in [7, 11) is 0. The Hall–Kier alpha value is -3.07. The molecule has 0 aliphatic heterocycles. The average molecular weight is 406 g/mol. The molecular weight excluding hydrogens is 389 g/mol. The lowest BCUT2D eigenvalue weighted by atomic mass is 9.95. The van der Waals surface area contributed by atoms with Crippen LogP contribution in [0.3, 0.4) is 0 Å². The smallest absolute Gasteiger partial charge is 0.398 e. The highest BCUT2D eigenvalue weighted by molar-refractivity contribution is 7.14. The zero-order chi connectivity index (χ0) is 20.5. The molecule has 0 radical (unpaired) electrons. The lowest BCUT2D eigenvalue weighted by molar-refractivity contribution is -0.137. The van der Waals surface area contributed by atoms with Crippen LogP contribution in [0.5, 0.6) is 0 Å². The van der Waals surface area contributed by atoms with Crippen LogP contribution >= 0.6 is 11.3 Å². The van der Waals surface area contributed by atoms with Gasteiger partial charge in [0.05, 0.1) is 17.2 Å². The summed E-state index contributed by atoms with van der Waals surface area (Å²) in [4.78, 5) is 15.9. The summed E-state index contributed by atoms with van der Waals surface area (Å²) in [5, 5.41) is 5.03. The van der Waals surface area contributed by atoms with E-state index < -0.39 is 23.6 Å². The van der Waals surface area contributed by atoms with Gasteiger partial charge in [-0.25, -0.2) is 4.98 Å². The van der Waals surface area contributed by atoms with Gasteiger partial charge in [-0.3, -0.25) is 4.79 Å². The van der Waals surface area contributed by atoms with Crippen molar-refractivity contribution in [1.82, 2.24) is 4.98 Å². The third-order valence-electron chi connectivity index (χ3n) is 4.25. The third-order valence-corrected chi connectivity index (χ3v) is 5.01. The number of alkyl halides is 3. The zero-order valence-corrected chi connectivity index (χ0v) is 15.6. The van der Waals surface area contributed by atoms with Crippen molar-refractivity contribution < 1.29 is 18.0 Å². The SMILES string of the molecule is CC(C(N)=O)c1cccc(-c2csc(Nc3cccc(C(F)(F)F)c3)n2)c1N. The Bertz CT molecular complexity index is 1020. The number of hydrogen-bond donors (Lipinski definition) is 3. The van der Waals surface area contributed by atoms with Crippen molar-refractivity contribution in [1.29, 1.82) is 0 Å². The lowest BCUT2D eigenvalue weighted by Crippen LogP contribution is -2.19. The van der Waals surface area contributed by atoms with Gasteiger partial charge in [0.15, 0.2) is 5.13 Å². The average Bonchev–Trinajstić information content (AvgIpc) is 3.09. The van der Waals surface area contributed by atoms with Gasteiger partial charge in [-0.05, 0) is 30.7 Å². The van der Waals surface area contributed by atoms with E-state index >= 15 is 0 Å². The highest BCUT2D eigenvalue weighted by Crippen LogP contribution is 2.35. The number of aromatic nitrogens is 1. The molecule has 3 aromatic rings. The second-order valence-corrected chi connectivity index (χ2v) is 7.03. The van der Waals surface area contributed by atoms with Crippen molar-refractivity contribution in [2.45, 2.75) is 19.0 Å². The van der Waals surface area contributed by atoms with E-state index in [1.54, 1.807) is 30.5 Å². The lowest BCUT2D eigenvalue weighted by Gasteiger charge is -2.13. The Labute approximate surface area is 163 Å². The van der Waals surface area contributed by atoms with Gasteiger partial charge in [0, 0.05) is 22.3 Å². The zero-order valence-electron chi connectivity index (χ0n) is 14.7. The van der Waals surface area contributed by atoms with Crippen LogP contribution < -0.4 is 16.8 Å². The van der Waals surface area contributed by atoms with E-state index in [9.17, 15) is 18.0 Å². The van der Waals surface area contributed by atoms with Crippen LogP contribution in [-0.2, 0) is 11.0 Å². The molecule has 0 saturated heterocycles. The van der Waals surface area contributed by atoms with E-state index in [0.29, 0.717) is 27.6 Å². The summed E-state index contributed by atoms with van der Waals surface area (Å²) in [6.07, 6.45) is -4.42. The van der Waals surface area contributed by atoms with Crippen LogP contribution in [0.2, 0.25) is 0 Å². The third kappa shape index (κ3) is 4.09. The summed E-state index contributed by atoms with van der Waals surface area (Å²) in [5.41, 5.74) is 13.3. The number of para-hydroxylation sites is 1. The Morgan fingerprint density at radius 2 is 1.93 bits per heavy atom. The number of nitrogens with one attached hydrogen (secondary N) is 1. The number of anilines is 3. The van der Waals surface area contributed by atoms with E-state index in [1.807, 2.05) is 0 Å². The molecule has 0 aliphatic rings.